The van der Waals surface area contributed by atoms with Gasteiger partial charge in [0.2, 0.25) is 0 Å². The van der Waals surface area contributed by atoms with Crippen LogP contribution in [0, 0.1) is 6.92 Å². The molecule has 0 saturated carbocycles. The number of hydrogen-bond acceptors (Lipinski definition) is 3. The van der Waals surface area contributed by atoms with Gasteiger partial charge in [0, 0.05) is 18.1 Å². The Hall–Kier alpha value is -2.95. The number of aromatic amines is 1. The first-order chi connectivity index (χ1) is 10.7. The number of benzene rings is 1. The van der Waals surface area contributed by atoms with Gasteiger partial charge in [-0.1, -0.05) is 12.1 Å². The summed E-state index contributed by atoms with van der Waals surface area (Å²) >= 11 is 0. The van der Waals surface area contributed by atoms with Crippen LogP contribution >= 0.6 is 0 Å². The minimum Gasteiger partial charge on any atom is -0.338 e. The Morgan fingerprint density at radius 1 is 1.09 bits per heavy atom. The number of aryl methyl sites for hydroxylation is 1. The maximum Gasteiger partial charge on any atom is 0.273 e. The Balaban J connectivity index is 1.65. The standard InChI is InChI=1S/C17H16N4O/c1-12-19-11-16(20-12)17(22)21-15-4-2-13(3-5-15)10-14-6-8-18-9-7-14/h2-9,11H,10H2,1H3,(H,19,20)(H,21,22). The van der Waals surface area contributed by atoms with E-state index >= 15 is 0 Å². The average Bonchev–Trinajstić information content (AvgIpc) is 2.97. The molecule has 0 atom stereocenters. The van der Waals surface area contributed by atoms with Crippen LogP contribution in [-0.4, -0.2) is 20.9 Å². The summed E-state index contributed by atoms with van der Waals surface area (Å²) in [5.74, 6) is 0.528. The highest BCUT2D eigenvalue weighted by atomic mass is 16.1. The highest BCUT2D eigenvalue weighted by Gasteiger charge is 2.08. The summed E-state index contributed by atoms with van der Waals surface area (Å²) in [5, 5.41) is 2.84. The zero-order valence-electron chi connectivity index (χ0n) is 12.2. The number of nitrogens with one attached hydrogen (secondary N) is 2. The van der Waals surface area contributed by atoms with Crippen LogP contribution in [0.1, 0.15) is 27.4 Å². The van der Waals surface area contributed by atoms with Gasteiger partial charge in [-0.15, -0.1) is 0 Å². The third-order valence-corrected chi connectivity index (χ3v) is 3.32. The molecule has 1 amide bonds. The molecule has 5 nitrogen and oxygen atoms in total. The van der Waals surface area contributed by atoms with Crippen molar-refractivity contribution in [3.05, 3.63) is 77.6 Å². The van der Waals surface area contributed by atoms with Crippen LogP contribution in [0.4, 0.5) is 5.69 Å². The zero-order valence-corrected chi connectivity index (χ0v) is 12.2. The van der Waals surface area contributed by atoms with E-state index in [9.17, 15) is 4.79 Å². The molecule has 5 heteroatoms. The summed E-state index contributed by atoms with van der Waals surface area (Å²) < 4.78 is 0. The van der Waals surface area contributed by atoms with Crippen molar-refractivity contribution in [3.8, 4) is 0 Å². The van der Waals surface area contributed by atoms with Crippen molar-refractivity contribution in [2.24, 2.45) is 0 Å². The van der Waals surface area contributed by atoms with Crippen molar-refractivity contribution in [1.82, 2.24) is 15.0 Å². The third-order valence-electron chi connectivity index (χ3n) is 3.32. The van der Waals surface area contributed by atoms with E-state index in [1.165, 1.54) is 17.3 Å². The monoisotopic (exact) mass is 292 g/mol. The van der Waals surface area contributed by atoms with Gasteiger partial charge >= 0.3 is 0 Å². The van der Waals surface area contributed by atoms with E-state index < -0.39 is 0 Å². The molecule has 2 aromatic heterocycles. The summed E-state index contributed by atoms with van der Waals surface area (Å²) in [5.41, 5.74) is 3.61. The molecule has 1 aromatic carbocycles. The number of nitrogens with zero attached hydrogens (tertiary/aromatic N) is 2. The number of anilines is 1. The minimum atomic E-state index is -0.192. The Morgan fingerprint density at radius 3 is 2.41 bits per heavy atom. The van der Waals surface area contributed by atoms with Crippen LogP contribution in [-0.2, 0) is 6.42 Å². The van der Waals surface area contributed by atoms with E-state index in [-0.39, 0.29) is 5.91 Å². The van der Waals surface area contributed by atoms with Crippen LogP contribution in [0.2, 0.25) is 0 Å². The second kappa shape index (κ2) is 6.22. The SMILES string of the molecule is Cc1ncc(C(=O)Nc2ccc(Cc3ccncc3)cc2)[nH]1. The largest absolute Gasteiger partial charge is 0.338 e. The molecule has 22 heavy (non-hydrogen) atoms. The van der Waals surface area contributed by atoms with E-state index in [1.54, 1.807) is 12.4 Å². The van der Waals surface area contributed by atoms with E-state index in [0.29, 0.717) is 5.69 Å². The molecule has 0 aliphatic rings. The van der Waals surface area contributed by atoms with Crippen molar-refractivity contribution >= 4 is 11.6 Å². The number of amides is 1. The first-order valence-corrected chi connectivity index (χ1v) is 7.01. The fourth-order valence-corrected chi connectivity index (χ4v) is 2.18. The molecule has 0 fully saturated rings. The molecule has 2 heterocycles. The number of aromatic nitrogens is 3. The second-order valence-electron chi connectivity index (χ2n) is 5.07. The lowest BCUT2D eigenvalue weighted by molar-refractivity contribution is 0.102. The van der Waals surface area contributed by atoms with Crippen molar-refractivity contribution in [3.63, 3.8) is 0 Å². The number of imidazole rings is 1. The summed E-state index contributed by atoms with van der Waals surface area (Å²) in [6.45, 7) is 1.81. The van der Waals surface area contributed by atoms with Crippen molar-refractivity contribution < 1.29 is 4.79 Å². The Kier molecular flexibility index (Phi) is 3.96. The molecular formula is C17H16N4O. The number of carbonyl (C=O) groups excluding carboxylic acids is 1. The van der Waals surface area contributed by atoms with E-state index in [0.717, 1.165) is 17.9 Å². The predicted molar refractivity (Wildman–Crippen MR) is 84.8 cm³/mol. The molecule has 0 unspecified atom stereocenters. The van der Waals surface area contributed by atoms with Gasteiger partial charge < -0.3 is 10.3 Å². The van der Waals surface area contributed by atoms with Crippen molar-refractivity contribution in [2.75, 3.05) is 5.32 Å². The van der Waals surface area contributed by atoms with Crippen LogP contribution < -0.4 is 5.32 Å². The molecule has 0 radical (unpaired) electrons. The van der Waals surface area contributed by atoms with Crippen molar-refractivity contribution in [2.45, 2.75) is 13.3 Å². The van der Waals surface area contributed by atoms with Gasteiger partial charge in [0.25, 0.3) is 5.91 Å². The second-order valence-corrected chi connectivity index (χ2v) is 5.07. The maximum absolute atomic E-state index is 12.0. The number of carbonyl (C=O) groups is 1. The lowest BCUT2D eigenvalue weighted by Gasteiger charge is -2.06. The molecule has 0 aliphatic heterocycles. The summed E-state index contributed by atoms with van der Waals surface area (Å²) in [6, 6.07) is 11.8. The van der Waals surface area contributed by atoms with Crippen molar-refractivity contribution in [1.29, 1.82) is 0 Å². The Bertz CT molecular complexity index is 763. The Morgan fingerprint density at radius 2 is 1.77 bits per heavy atom. The van der Waals surface area contributed by atoms with E-state index in [1.807, 2.05) is 43.3 Å². The van der Waals surface area contributed by atoms with Crippen LogP contribution in [0.15, 0.2) is 55.0 Å². The van der Waals surface area contributed by atoms with Gasteiger partial charge in [-0.05, 0) is 48.7 Å². The van der Waals surface area contributed by atoms with Gasteiger partial charge in [-0.3, -0.25) is 9.78 Å². The first kappa shape index (κ1) is 14.0. The molecule has 0 saturated heterocycles. The number of hydrogen-bond donors (Lipinski definition) is 2. The number of pyridine rings is 1. The van der Waals surface area contributed by atoms with E-state index in [2.05, 4.69) is 20.3 Å². The average molecular weight is 292 g/mol. The highest BCUT2D eigenvalue weighted by Crippen LogP contribution is 2.14. The third kappa shape index (κ3) is 3.38. The van der Waals surface area contributed by atoms with E-state index in [4.69, 9.17) is 0 Å². The summed E-state index contributed by atoms with van der Waals surface area (Å²) in [4.78, 5) is 23.0. The van der Waals surface area contributed by atoms with Gasteiger partial charge in [-0.25, -0.2) is 4.98 Å². The fraction of sp³-hybridized carbons (Fsp3) is 0.118. The lowest BCUT2D eigenvalue weighted by atomic mass is 10.1. The maximum atomic E-state index is 12.0. The first-order valence-electron chi connectivity index (χ1n) is 7.01. The molecule has 2 N–H and O–H groups in total. The number of H-pyrrole nitrogens is 1. The minimum absolute atomic E-state index is 0.192. The molecule has 0 spiro atoms. The van der Waals surface area contributed by atoms with Gasteiger partial charge in [0.1, 0.15) is 11.5 Å². The molecule has 110 valence electrons. The topological polar surface area (TPSA) is 70.7 Å². The number of rotatable bonds is 4. The van der Waals surface area contributed by atoms with Gasteiger partial charge in [0.05, 0.1) is 6.20 Å². The lowest BCUT2D eigenvalue weighted by Crippen LogP contribution is -2.12. The predicted octanol–water partition coefficient (Wildman–Crippen LogP) is 2.96. The normalized spacial score (nSPS) is 10.4. The smallest absolute Gasteiger partial charge is 0.273 e. The van der Waals surface area contributed by atoms with Gasteiger partial charge in [-0.2, -0.15) is 0 Å². The molecule has 0 bridgehead atoms. The van der Waals surface area contributed by atoms with Gasteiger partial charge in [0.15, 0.2) is 0 Å². The molecule has 3 aromatic rings. The quantitative estimate of drug-likeness (QED) is 0.776. The summed E-state index contributed by atoms with van der Waals surface area (Å²) in [6.07, 6.45) is 5.95. The Labute approximate surface area is 128 Å². The van der Waals surface area contributed by atoms with Crippen LogP contribution in [0.3, 0.4) is 0 Å². The fourth-order valence-electron chi connectivity index (χ4n) is 2.18. The zero-order chi connectivity index (χ0) is 15.4. The molecular weight excluding hydrogens is 276 g/mol. The molecule has 3 rings (SSSR count). The van der Waals surface area contributed by atoms with Crippen LogP contribution in [0.5, 0.6) is 0 Å². The summed E-state index contributed by atoms with van der Waals surface area (Å²) in [7, 11) is 0. The van der Waals surface area contributed by atoms with Crippen LogP contribution in [0.25, 0.3) is 0 Å². The molecule has 0 aliphatic carbocycles. The highest BCUT2D eigenvalue weighted by molar-refractivity contribution is 6.02.